The fourth-order valence-electron chi connectivity index (χ4n) is 2.54. The number of fused-ring (bicyclic) bond motifs is 2. The van der Waals surface area contributed by atoms with Gasteiger partial charge in [-0.3, -0.25) is 9.78 Å². The van der Waals surface area contributed by atoms with E-state index < -0.39 is 0 Å². The number of aromatic nitrogens is 2. The van der Waals surface area contributed by atoms with Gasteiger partial charge in [0.15, 0.2) is 11.5 Å². The maximum Gasteiger partial charge on any atom is 0.255 e. The Morgan fingerprint density at radius 3 is 2.80 bits per heavy atom. The molecule has 3 aromatic rings. The molecular formula is C17H15ClN4O3. The molecule has 1 amide bonds. The molecule has 0 spiro atoms. The summed E-state index contributed by atoms with van der Waals surface area (Å²) in [5, 5.41) is 3.58. The van der Waals surface area contributed by atoms with Crippen molar-refractivity contribution in [3.05, 3.63) is 53.9 Å². The summed E-state index contributed by atoms with van der Waals surface area (Å²) in [5.74, 6) is 1.15. The van der Waals surface area contributed by atoms with E-state index >= 15 is 0 Å². The topological polar surface area (TPSA) is 99.4 Å². The van der Waals surface area contributed by atoms with E-state index in [1.807, 2.05) is 12.1 Å². The van der Waals surface area contributed by atoms with Crippen LogP contribution >= 0.6 is 12.4 Å². The molecule has 4 rings (SSSR count). The molecule has 0 bridgehead atoms. The van der Waals surface area contributed by atoms with E-state index in [1.54, 1.807) is 30.6 Å². The molecule has 0 saturated heterocycles. The van der Waals surface area contributed by atoms with E-state index in [4.69, 9.17) is 15.2 Å². The molecule has 0 atom stereocenters. The van der Waals surface area contributed by atoms with Crippen LogP contribution in [0.5, 0.6) is 11.5 Å². The minimum atomic E-state index is -0.289. The maximum absolute atomic E-state index is 12.4. The molecule has 1 aromatic carbocycles. The molecule has 3 heterocycles. The number of amides is 1. The largest absolute Gasteiger partial charge is 0.454 e. The SMILES string of the molecule is Cl.Nc1nc2cc3c(cc2cc1C(=O)NCc1cccnc1)OCO3. The summed E-state index contributed by atoms with van der Waals surface area (Å²) >= 11 is 0. The number of anilines is 1. The number of carbonyl (C=O) groups is 1. The van der Waals surface area contributed by atoms with Gasteiger partial charge in [0, 0.05) is 30.4 Å². The number of halogens is 1. The number of nitrogens with two attached hydrogens (primary N) is 1. The van der Waals surface area contributed by atoms with Crippen molar-refractivity contribution in [1.29, 1.82) is 0 Å². The molecule has 7 nitrogen and oxygen atoms in total. The molecule has 3 N–H and O–H groups in total. The summed E-state index contributed by atoms with van der Waals surface area (Å²) in [4.78, 5) is 20.7. The van der Waals surface area contributed by atoms with Crippen LogP contribution in [-0.4, -0.2) is 22.7 Å². The average Bonchev–Trinajstić information content (AvgIpc) is 3.05. The highest BCUT2D eigenvalue weighted by molar-refractivity contribution is 6.02. The van der Waals surface area contributed by atoms with Crippen molar-refractivity contribution < 1.29 is 14.3 Å². The Morgan fingerprint density at radius 2 is 2.04 bits per heavy atom. The molecule has 2 aromatic heterocycles. The third kappa shape index (κ3) is 3.27. The number of rotatable bonds is 3. The Balaban J connectivity index is 0.00000182. The minimum Gasteiger partial charge on any atom is -0.454 e. The van der Waals surface area contributed by atoms with Gasteiger partial charge in [-0.25, -0.2) is 4.98 Å². The van der Waals surface area contributed by atoms with Crippen molar-refractivity contribution >= 4 is 35.0 Å². The Labute approximate surface area is 149 Å². The smallest absolute Gasteiger partial charge is 0.255 e. The number of carbonyl (C=O) groups excluding carboxylic acids is 1. The van der Waals surface area contributed by atoms with Crippen molar-refractivity contribution in [2.45, 2.75) is 6.54 Å². The zero-order chi connectivity index (χ0) is 16.5. The lowest BCUT2D eigenvalue weighted by atomic mass is 10.1. The van der Waals surface area contributed by atoms with Crippen LogP contribution in [0.3, 0.4) is 0 Å². The first-order valence-corrected chi connectivity index (χ1v) is 7.38. The van der Waals surface area contributed by atoms with Gasteiger partial charge in [0.05, 0.1) is 11.1 Å². The quantitative estimate of drug-likeness (QED) is 0.745. The van der Waals surface area contributed by atoms with Gasteiger partial charge in [-0.1, -0.05) is 6.07 Å². The molecule has 0 aliphatic carbocycles. The number of nitrogens with one attached hydrogen (secondary N) is 1. The lowest BCUT2D eigenvalue weighted by Crippen LogP contribution is -2.24. The van der Waals surface area contributed by atoms with Crippen molar-refractivity contribution in [1.82, 2.24) is 15.3 Å². The monoisotopic (exact) mass is 358 g/mol. The third-order valence-electron chi connectivity index (χ3n) is 3.76. The van der Waals surface area contributed by atoms with Crippen LogP contribution in [0.2, 0.25) is 0 Å². The normalized spacial score (nSPS) is 11.8. The van der Waals surface area contributed by atoms with E-state index in [1.165, 1.54) is 0 Å². The van der Waals surface area contributed by atoms with Crippen molar-refractivity contribution in [3.8, 4) is 11.5 Å². The molecule has 0 radical (unpaired) electrons. The molecule has 128 valence electrons. The van der Waals surface area contributed by atoms with Crippen LogP contribution in [0.4, 0.5) is 5.82 Å². The van der Waals surface area contributed by atoms with Gasteiger partial charge in [0.1, 0.15) is 5.82 Å². The van der Waals surface area contributed by atoms with Gasteiger partial charge in [-0.05, 0) is 23.8 Å². The molecule has 0 saturated carbocycles. The Morgan fingerprint density at radius 1 is 1.24 bits per heavy atom. The van der Waals surface area contributed by atoms with Crippen LogP contribution in [0.1, 0.15) is 15.9 Å². The molecule has 1 aliphatic rings. The average molecular weight is 359 g/mol. The first-order valence-electron chi connectivity index (χ1n) is 7.38. The van der Waals surface area contributed by atoms with E-state index in [-0.39, 0.29) is 30.9 Å². The molecule has 0 fully saturated rings. The van der Waals surface area contributed by atoms with Crippen LogP contribution in [0.15, 0.2) is 42.7 Å². The van der Waals surface area contributed by atoms with Gasteiger partial charge >= 0.3 is 0 Å². The number of nitrogen functional groups attached to an aromatic ring is 1. The van der Waals surface area contributed by atoms with Crippen LogP contribution in [-0.2, 0) is 6.54 Å². The van der Waals surface area contributed by atoms with Crippen LogP contribution in [0, 0.1) is 0 Å². The number of nitrogens with zero attached hydrogens (tertiary/aromatic N) is 2. The number of hydrogen-bond acceptors (Lipinski definition) is 6. The van der Waals surface area contributed by atoms with Crippen molar-refractivity contribution in [2.75, 3.05) is 12.5 Å². The first kappa shape index (κ1) is 16.8. The number of hydrogen-bond donors (Lipinski definition) is 2. The summed E-state index contributed by atoms with van der Waals surface area (Å²) in [7, 11) is 0. The third-order valence-corrected chi connectivity index (χ3v) is 3.76. The molecule has 0 unspecified atom stereocenters. The first-order chi connectivity index (χ1) is 11.7. The van der Waals surface area contributed by atoms with E-state index in [0.29, 0.717) is 29.1 Å². The van der Waals surface area contributed by atoms with Crippen LogP contribution < -0.4 is 20.5 Å². The predicted molar refractivity (Wildman–Crippen MR) is 94.9 cm³/mol. The molecule has 1 aliphatic heterocycles. The van der Waals surface area contributed by atoms with Gasteiger partial charge < -0.3 is 20.5 Å². The van der Waals surface area contributed by atoms with E-state index in [2.05, 4.69) is 15.3 Å². The number of pyridine rings is 2. The fraction of sp³-hybridized carbons (Fsp3) is 0.118. The molecular weight excluding hydrogens is 344 g/mol. The summed E-state index contributed by atoms with van der Waals surface area (Å²) in [5.41, 5.74) is 7.83. The second-order valence-electron chi connectivity index (χ2n) is 5.36. The highest BCUT2D eigenvalue weighted by Crippen LogP contribution is 2.36. The van der Waals surface area contributed by atoms with Gasteiger partial charge in [0.2, 0.25) is 6.79 Å². The summed E-state index contributed by atoms with van der Waals surface area (Å²) in [6.45, 7) is 0.547. The van der Waals surface area contributed by atoms with E-state index in [9.17, 15) is 4.79 Å². The Hall–Kier alpha value is -3.06. The summed E-state index contributed by atoms with van der Waals surface area (Å²) in [6.07, 6.45) is 3.38. The van der Waals surface area contributed by atoms with Gasteiger partial charge in [0.25, 0.3) is 5.91 Å². The lowest BCUT2D eigenvalue weighted by molar-refractivity contribution is 0.0951. The van der Waals surface area contributed by atoms with Crippen LogP contribution in [0.25, 0.3) is 10.9 Å². The van der Waals surface area contributed by atoms with E-state index in [0.717, 1.165) is 10.9 Å². The summed E-state index contributed by atoms with van der Waals surface area (Å²) in [6, 6.07) is 8.96. The lowest BCUT2D eigenvalue weighted by Gasteiger charge is -2.09. The zero-order valence-electron chi connectivity index (χ0n) is 13.1. The summed E-state index contributed by atoms with van der Waals surface area (Å²) < 4.78 is 10.7. The Kier molecular flexibility index (Phi) is 4.58. The fourth-order valence-corrected chi connectivity index (χ4v) is 2.54. The zero-order valence-corrected chi connectivity index (χ0v) is 13.9. The predicted octanol–water partition coefficient (Wildman–Crippen LogP) is 2.29. The second-order valence-corrected chi connectivity index (χ2v) is 5.36. The highest BCUT2D eigenvalue weighted by Gasteiger charge is 2.18. The Bertz CT molecular complexity index is 934. The molecule has 25 heavy (non-hydrogen) atoms. The maximum atomic E-state index is 12.4. The number of ether oxygens (including phenoxy) is 2. The highest BCUT2D eigenvalue weighted by atomic mass is 35.5. The second kappa shape index (κ2) is 6.82. The molecule has 8 heteroatoms. The standard InChI is InChI=1S/C17H14N4O3.ClH/c18-16-12(17(22)20-8-10-2-1-3-19-7-10)4-11-5-14-15(24-9-23-14)6-13(11)21-16;/h1-7H,8-9H2,(H2,18,21)(H,20,22);1H. The van der Waals surface area contributed by atoms with Crippen molar-refractivity contribution in [2.24, 2.45) is 0 Å². The van der Waals surface area contributed by atoms with Gasteiger partial charge in [-0.15, -0.1) is 12.4 Å². The minimum absolute atomic E-state index is 0. The van der Waals surface area contributed by atoms with Crippen molar-refractivity contribution in [3.63, 3.8) is 0 Å². The number of benzene rings is 1. The van der Waals surface area contributed by atoms with Gasteiger partial charge in [-0.2, -0.15) is 0 Å².